The zero-order valence-electron chi connectivity index (χ0n) is 18.1. The van der Waals surface area contributed by atoms with Gasteiger partial charge in [0.05, 0.1) is 0 Å². The summed E-state index contributed by atoms with van der Waals surface area (Å²) >= 11 is 1.21. The highest BCUT2D eigenvalue weighted by Gasteiger charge is 2.19. The summed E-state index contributed by atoms with van der Waals surface area (Å²) in [6.07, 6.45) is 1.15. The van der Waals surface area contributed by atoms with Gasteiger partial charge in [-0.3, -0.25) is 9.59 Å². The fourth-order valence-electron chi connectivity index (χ4n) is 3.74. The summed E-state index contributed by atoms with van der Waals surface area (Å²) in [6.45, 7) is 5.07. The van der Waals surface area contributed by atoms with Gasteiger partial charge in [-0.25, -0.2) is 4.98 Å². The van der Waals surface area contributed by atoms with Crippen LogP contribution in [0, 0.1) is 0 Å². The highest BCUT2D eigenvalue weighted by Crippen LogP contribution is 2.31. The van der Waals surface area contributed by atoms with E-state index in [0.717, 1.165) is 55.6 Å². The summed E-state index contributed by atoms with van der Waals surface area (Å²) in [5.41, 5.74) is 6.42. The van der Waals surface area contributed by atoms with Gasteiger partial charge in [0.25, 0.3) is 5.91 Å². The first-order valence-electron chi connectivity index (χ1n) is 10.7. The van der Waals surface area contributed by atoms with Crippen molar-refractivity contribution < 1.29 is 9.59 Å². The van der Waals surface area contributed by atoms with Crippen LogP contribution in [0.25, 0.3) is 10.8 Å². The standard InChI is InChI=1S/C23H28N6O2S/c1-28-11-13-29(14-12-28)10-4-7-19(30)26-22-20(21(24)31)27-23(32-22)25-18-9-8-16-5-2-3-6-17(16)15-18/h2-3,5-6,8-9,15H,4,7,10-14H2,1H3,(H2,24,31)(H,25,27)(H,26,30). The third kappa shape index (κ3) is 5.61. The van der Waals surface area contributed by atoms with Gasteiger partial charge in [-0.15, -0.1) is 0 Å². The number of carbonyl (C=O) groups is 2. The number of rotatable bonds is 8. The van der Waals surface area contributed by atoms with Gasteiger partial charge in [0.1, 0.15) is 5.00 Å². The average Bonchev–Trinajstić information content (AvgIpc) is 3.17. The van der Waals surface area contributed by atoms with E-state index in [9.17, 15) is 9.59 Å². The van der Waals surface area contributed by atoms with E-state index >= 15 is 0 Å². The van der Waals surface area contributed by atoms with Crippen molar-refractivity contribution in [3.8, 4) is 0 Å². The first-order valence-corrected chi connectivity index (χ1v) is 11.6. The Kier molecular flexibility index (Phi) is 6.99. The number of piperazine rings is 1. The maximum absolute atomic E-state index is 12.5. The van der Waals surface area contributed by atoms with Crippen LogP contribution in [0.2, 0.25) is 0 Å². The van der Waals surface area contributed by atoms with E-state index in [2.05, 4.69) is 32.5 Å². The molecule has 9 heteroatoms. The van der Waals surface area contributed by atoms with E-state index in [-0.39, 0.29) is 11.6 Å². The van der Waals surface area contributed by atoms with E-state index in [1.807, 2.05) is 42.5 Å². The fraction of sp³-hybridized carbons (Fsp3) is 0.348. The van der Waals surface area contributed by atoms with Crippen LogP contribution in [0.3, 0.4) is 0 Å². The summed E-state index contributed by atoms with van der Waals surface area (Å²) in [7, 11) is 2.12. The lowest BCUT2D eigenvalue weighted by Crippen LogP contribution is -2.44. The molecule has 168 valence electrons. The minimum Gasteiger partial charge on any atom is -0.364 e. The number of fused-ring (bicyclic) bond motifs is 1. The molecule has 1 saturated heterocycles. The van der Waals surface area contributed by atoms with Crippen molar-refractivity contribution in [2.75, 3.05) is 50.4 Å². The fourth-order valence-corrected chi connectivity index (χ4v) is 4.65. The largest absolute Gasteiger partial charge is 0.364 e. The van der Waals surface area contributed by atoms with Crippen LogP contribution in [0.15, 0.2) is 42.5 Å². The molecule has 4 rings (SSSR count). The summed E-state index contributed by atoms with van der Waals surface area (Å²) < 4.78 is 0. The highest BCUT2D eigenvalue weighted by molar-refractivity contribution is 7.20. The van der Waals surface area contributed by atoms with Crippen LogP contribution in [-0.2, 0) is 4.79 Å². The van der Waals surface area contributed by atoms with Gasteiger partial charge in [0.15, 0.2) is 10.8 Å². The molecule has 1 aromatic heterocycles. The number of amides is 2. The zero-order valence-corrected chi connectivity index (χ0v) is 19.0. The summed E-state index contributed by atoms with van der Waals surface area (Å²) in [6, 6.07) is 14.0. The Morgan fingerprint density at radius 1 is 1.09 bits per heavy atom. The molecule has 0 bridgehead atoms. The van der Waals surface area contributed by atoms with Crippen LogP contribution in [-0.4, -0.2) is 66.4 Å². The Balaban J connectivity index is 1.36. The Morgan fingerprint density at radius 2 is 1.84 bits per heavy atom. The molecule has 4 N–H and O–H groups in total. The van der Waals surface area contributed by atoms with E-state index in [1.54, 1.807) is 0 Å². The van der Waals surface area contributed by atoms with Gasteiger partial charge in [0.2, 0.25) is 5.91 Å². The average molecular weight is 453 g/mol. The number of hydrogen-bond donors (Lipinski definition) is 3. The second-order valence-electron chi connectivity index (χ2n) is 8.04. The molecule has 8 nitrogen and oxygen atoms in total. The number of nitrogens with one attached hydrogen (secondary N) is 2. The van der Waals surface area contributed by atoms with Crippen molar-refractivity contribution in [3.63, 3.8) is 0 Å². The number of anilines is 3. The highest BCUT2D eigenvalue weighted by atomic mass is 32.1. The van der Waals surface area contributed by atoms with Gasteiger partial charge in [-0.2, -0.15) is 0 Å². The van der Waals surface area contributed by atoms with Crippen LogP contribution >= 0.6 is 11.3 Å². The molecule has 3 aromatic rings. The van der Waals surface area contributed by atoms with Gasteiger partial charge in [0, 0.05) is 38.3 Å². The first kappa shape index (κ1) is 22.2. The first-order chi connectivity index (χ1) is 15.5. The molecule has 1 aliphatic heterocycles. The molecular formula is C23H28N6O2S. The number of benzene rings is 2. The van der Waals surface area contributed by atoms with Crippen molar-refractivity contribution in [1.29, 1.82) is 0 Å². The molecule has 0 aliphatic carbocycles. The number of thiazole rings is 1. The molecule has 2 aromatic carbocycles. The second-order valence-corrected chi connectivity index (χ2v) is 9.04. The Hall–Kier alpha value is -3.01. The predicted octanol–water partition coefficient (Wildman–Crippen LogP) is 3.10. The SMILES string of the molecule is CN1CCN(CCCC(=O)Nc2sc(Nc3ccc4ccccc4c3)nc2C(N)=O)CC1. The van der Waals surface area contributed by atoms with Gasteiger partial charge in [-0.05, 0) is 42.9 Å². The van der Waals surface area contributed by atoms with E-state index in [1.165, 1.54) is 11.3 Å². The van der Waals surface area contributed by atoms with E-state index in [4.69, 9.17) is 5.73 Å². The molecule has 32 heavy (non-hydrogen) atoms. The number of nitrogens with two attached hydrogens (primary N) is 1. The number of carbonyl (C=O) groups excluding carboxylic acids is 2. The van der Waals surface area contributed by atoms with Gasteiger partial charge < -0.3 is 26.2 Å². The van der Waals surface area contributed by atoms with Crippen LogP contribution in [0.4, 0.5) is 15.8 Å². The molecule has 0 spiro atoms. The van der Waals surface area contributed by atoms with Crippen LogP contribution in [0.5, 0.6) is 0 Å². The zero-order chi connectivity index (χ0) is 22.5. The molecule has 2 amide bonds. The number of nitrogens with zero attached hydrogens (tertiary/aromatic N) is 3. The Labute approximate surface area is 191 Å². The monoisotopic (exact) mass is 452 g/mol. The second kappa shape index (κ2) is 10.1. The number of primary amides is 1. The lowest BCUT2D eigenvalue weighted by atomic mass is 10.1. The minimum absolute atomic E-state index is 0.0747. The van der Waals surface area contributed by atoms with Crippen LogP contribution < -0.4 is 16.4 Å². The molecule has 0 saturated carbocycles. The van der Waals surface area contributed by atoms with Gasteiger partial charge >= 0.3 is 0 Å². The molecular weight excluding hydrogens is 424 g/mol. The summed E-state index contributed by atoms with van der Waals surface area (Å²) in [5, 5.41) is 9.15. The van der Waals surface area contributed by atoms with Crippen molar-refractivity contribution in [3.05, 3.63) is 48.2 Å². The maximum Gasteiger partial charge on any atom is 0.270 e. The molecule has 1 aliphatic rings. The number of aromatic nitrogens is 1. The molecule has 1 fully saturated rings. The van der Waals surface area contributed by atoms with Crippen LogP contribution in [0.1, 0.15) is 23.3 Å². The lowest BCUT2D eigenvalue weighted by Gasteiger charge is -2.32. The van der Waals surface area contributed by atoms with Gasteiger partial charge in [-0.1, -0.05) is 41.7 Å². The molecule has 0 atom stereocenters. The molecule has 2 heterocycles. The van der Waals surface area contributed by atoms with E-state index < -0.39 is 5.91 Å². The molecule has 0 radical (unpaired) electrons. The Bertz CT molecular complexity index is 1110. The van der Waals surface area contributed by atoms with E-state index in [0.29, 0.717) is 16.6 Å². The topological polar surface area (TPSA) is 104 Å². The number of hydrogen-bond acceptors (Lipinski definition) is 7. The maximum atomic E-state index is 12.5. The van der Waals surface area contributed by atoms with Crippen molar-refractivity contribution in [2.24, 2.45) is 5.73 Å². The van der Waals surface area contributed by atoms with Crippen molar-refractivity contribution in [1.82, 2.24) is 14.8 Å². The predicted molar refractivity (Wildman–Crippen MR) is 130 cm³/mol. The third-order valence-electron chi connectivity index (χ3n) is 5.59. The van der Waals surface area contributed by atoms with Crippen molar-refractivity contribution in [2.45, 2.75) is 12.8 Å². The third-order valence-corrected chi connectivity index (χ3v) is 6.47. The lowest BCUT2D eigenvalue weighted by molar-refractivity contribution is -0.116. The molecule has 0 unspecified atom stereocenters. The normalized spacial score (nSPS) is 15.0. The summed E-state index contributed by atoms with van der Waals surface area (Å²) in [5.74, 6) is -0.803. The smallest absolute Gasteiger partial charge is 0.270 e. The number of likely N-dealkylation sites (N-methyl/N-ethyl adjacent to an activating group) is 1. The van der Waals surface area contributed by atoms with Crippen molar-refractivity contribution >= 4 is 49.7 Å². The minimum atomic E-state index is -0.666. The Morgan fingerprint density at radius 3 is 2.59 bits per heavy atom. The summed E-state index contributed by atoms with van der Waals surface area (Å²) in [4.78, 5) is 33.3. The quantitative estimate of drug-likeness (QED) is 0.485.